The van der Waals surface area contributed by atoms with Gasteiger partial charge < -0.3 is 10.4 Å². The van der Waals surface area contributed by atoms with E-state index in [1.807, 2.05) is 6.07 Å². The van der Waals surface area contributed by atoms with Crippen LogP contribution < -0.4 is 5.32 Å². The summed E-state index contributed by atoms with van der Waals surface area (Å²) in [5.74, 6) is -0.881. The molecule has 3 heterocycles. The van der Waals surface area contributed by atoms with E-state index in [0.29, 0.717) is 0 Å². The van der Waals surface area contributed by atoms with Crippen LogP contribution in [0.1, 0.15) is 32.0 Å². The summed E-state index contributed by atoms with van der Waals surface area (Å²) in [5.41, 5.74) is -1.14. The van der Waals surface area contributed by atoms with E-state index in [1.165, 1.54) is 36.7 Å². The zero-order valence-corrected chi connectivity index (χ0v) is 19.0. The molecule has 0 saturated heterocycles. The average Bonchev–Trinajstić information content (AvgIpc) is 3.09. The second-order valence-electron chi connectivity index (χ2n) is 8.39. The Morgan fingerprint density at radius 2 is 2.00 bits per heavy atom. The summed E-state index contributed by atoms with van der Waals surface area (Å²) in [7, 11) is -4.30. The Balaban J connectivity index is 2.27. The third-order valence-corrected chi connectivity index (χ3v) is 6.75. The fourth-order valence-corrected chi connectivity index (χ4v) is 4.68. The first-order valence-corrected chi connectivity index (χ1v) is 11.3. The Labute approximate surface area is 190 Å². The van der Waals surface area contributed by atoms with Crippen LogP contribution in [-0.2, 0) is 16.4 Å². The molecule has 0 aliphatic heterocycles. The molecule has 0 aromatic carbocycles. The molecule has 0 bridgehead atoms. The molecule has 9 nitrogen and oxygen atoms in total. The van der Waals surface area contributed by atoms with Crippen molar-refractivity contribution in [3.63, 3.8) is 0 Å². The number of nitriles is 1. The van der Waals surface area contributed by atoms with E-state index < -0.39 is 33.4 Å². The van der Waals surface area contributed by atoms with E-state index >= 15 is 4.39 Å². The van der Waals surface area contributed by atoms with E-state index in [1.54, 1.807) is 20.8 Å². The molecule has 3 rings (SSSR count). The van der Waals surface area contributed by atoms with Crippen molar-refractivity contribution in [3.05, 3.63) is 66.1 Å². The first-order valence-electron chi connectivity index (χ1n) is 9.87. The number of aromatic nitrogens is 3. The largest absolute Gasteiger partial charge is 0.465 e. The highest BCUT2D eigenvalue weighted by atomic mass is 32.2. The maximum atomic E-state index is 15.8. The van der Waals surface area contributed by atoms with Gasteiger partial charge in [-0.3, -0.25) is 4.98 Å². The molecule has 172 valence electrons. The van der Waals surface area contributed by atoms with Crippen LogP contribution in [0.25, 0.3) is 11.3 Å². The van der Waals surface area contributed by atoms with E-state index in [4.69, 9.17) is 0 Å². The fourth-order valence-electron chi connectivity index (χ4n) is 3.32. The normalized spacial score (nSPS) is 12.7. The molecule has 2 N–H and O–H groups in total. The molecule has 11 heteroatoms. The van der Waals surface area contributed by atoms with Crippen molar-refractivity contribution in [2.45, 2.75) is 38.1 Å². The Kier molecular flexibility index (Phi) is 6.51. The fraction of sp³-hybridized carbons (Fsp3) is 0.273. The van der Waals surface area contributed by atoms with Crippen molar-refractivity contribution in [3.8, 4) is 17.3 Å². The van der Waals surface area contributed by atoms with Gasteiger partial charge in [-0.15, -0.1) is 0 Å². The predicted octanol–water partition coefficient (Wildman–Crippen LogP) is 3.42. The Morgan fingerprint density at radius 3 is 2.58 bits per heavy atom. The Morgan fingerprint density at radius 1 is 1.30 bits per heavy atom. The molecule has 0 aliphatic carbocycles. The van der Waals surface area contributed by atoms with E-state index in [0.717, 1.165) is 16.4 Å². The maximum absolute atomic E-state index is 15.8. The summed E-state index contributed by atoms with van der Waals surface area (Å²) >= 11 is 0. The zero-order chi connectivity index (χ0) is 24.4. The van der Waals surface area contributed by atoms with Crippen molar-refractivity contribution in [2.24, 2.45) is 5.41 Å². The summed E-state index contributed by atoms with van der Waals surface area (Å²) < 4.78 is 43.4. The summed E-state index contributed by atoms with van der Waals surface area (Å²) in [6, 6.07) is 6.75. The number of rotatable bonds is 6. The molecule has 3 aromatic heterocycles. The van der Waals surface area contributed by atoms with Gasteiger partial charge in [0.1, 0.15) is 22.4 Å². The van der Waals surface area contributed by atoms with Crippen LogP contribution in [0.5, 0.6) is 0 Å². The average molecular weight is 472 g/mol. The number of nitrogens with zero attached hydrogens (tertiary/aromatic N) is 4. The van der Waals surface area contributed by atoms with Gasteiger partial charge in [0.25, 0.3) is 10.0 Å². The van der Waals surface area contributed by atoms with Gasteiger partial charge in [-0.2, -0.15) is 5.26 Å². The van der Waals surface area contributed by atoms with Gasteiger partial charge in [0.05, 0.1) is 0 Å². The monoisotopic (exact) mass is 471 g/mol. The van der Waals surface area contributed by atoms with Crippen LogP contribution >= 0.6 is 0 Å². The minimum Gasteiger partial charge on any atom is -0.465 e. The highest BCUT2D eigenvalue weighted by Crippen LogP contribution is 2.34. The lowest BCUT2D eigenvalue weighted by atomic mass is 9.83. The lowest BCUT2D eigenvalue weighted by Crippen LogP contribution is -2.44. The molecule has 33 heavy (non-hydrogen) atoms. The summed E-state index contributed by atoms with van der Waals surface area (Å²) in [4.78, 5) is 18.9. The van der Waals surface area contributed by atoms with E-state index in [9.17, 15) is 23.6 Å². The number of hydrogen-bond donors (Lipinski definition) is 2. The Hall–Kier alpha value is -3.78. The van der Waals surface area contributed by atoms with Crippen LogP contribution in [0.4, 0.5) is 9.18 Å². The van der Waals surface area contributed by atoms with Crippen molar-refractivity contribution in [1.82, 2.24) is 19.3 Å². The lowest BCUT2D eigenvalue weighted by molar-refractivity contribution is 0.174. The topological polar surface area (TPSA) is 138 Å². The number of pyridine rings is 2. The molecule has 3 aromatic rings. The summed E-state index contributed by atoms with van der Waals surface area (Å²) in [5, 5.41) is 21.1. The second kappa shape index (κ2) is 8.99. The molecule has 0 fully saturated rings. The van der Waals surface area contributed by atoms with E-state index in [2.05, 4.69) is 15.3 Å². The molecule has 0 radical (unpaired) electrons. The highest BCUT2D eigenvalue weighted by Gasteiger charge is 2.32. The van der Waals surface area contributed by atoms with Crippen molar-refractivity contribution in [1.29, 1.82) is 5.26 Å². The van der Waals surface area contributed by atoms with Crippen LogP contribution in [0, 0.1) is 22.6 Å². The highest BCUT2D eigenvalue weighted by molar-refractivity contribution is 7.90. The van der Waals surface area contributed by atoms with Crippen LogP contribution in [0.2, 0.25) is 0 Å². The van der Waals surface area contributed by atoms with Crippen molar-refractivity contribution >= 4 is 16.1 Å². The van der Waals surface area contributed by atoms with Gasteiger partial charge in [-0.25, -0.2) is 26.6 Å². The second-order valence-corrected chi connectivity index (χ2v) is 10.2. The van der Waals surface area contributed by atoms with Crippen LogP contribution in [0.3, 0.4) is 0 Å². The van der Waals surface area contributed by atoms with E-state index in [-0.39, 0.29) is 33.8 Å². The smallest absolute Gasteiger partial charge is 0.404 e. The molecule has 0 spiro atoms. The van der Waals surface area contributed by atoms with Crippen molar-refractivity contribution < 1.29 is 22.7 Å². The van der Waals surface area contributed by atoms with Gasteiger partial charge in [0.2, 0.25) is 0 Å². The molecule has 1 unspecified atom stereocenters. The van der Waals surface area contributed by atoms with Gasteiger partial charge in [0.15, 0.2) is 5.82 Å². The number of hydrogen-bond acceptors (Lipinski definition) is 6. The number of carboxylic acid groups (broad SMARTS) is 1. The summed E-state index contributed by atoms with van der Waals surface area (Å²) in [6.45, 7) is 5.35. The number of halogens is 1. The molecule has 1 amide bonds. The maximum Gasteiger partial charge on any atom is 0.404 e. The lowest BCUT2D eigenvalue weighted by Gasteiger charge is -2.30. The third kappa shape index (κ3) is 4.85. The minimum atomic E-state index is -4.30. The molecule has 1 atom stereocenters. The third-order valence-electron chi connectivity index (χ3n) is 5.11. The van der Waals surface area contributed by atoms with Crippen LogP contribution in [-0.4, -0.2) is 39.6 Å². The zero-order valence-electron chi connectivity index (χ0n) is 18.2. The predicted molar refractivity (Wildman–Crippen MR) is 117 cm³/mol. The van der Waals surface area contributed by atoms with Gasteiger partial charge >= 0.3 is 6.09 Å². The molecular formula is C22H22FN5O4S. The Bertz CT molecular complexity index is 1330. The molecular weight excluding hydrogens is 449 g/mol. The summed E-state index contributed by atoms with van der Waals surface area (Å²) in [6.07, 6.45) is 3.60. The number of amides is 1. The standard InChI is InChI=1S/C22H22FN5O4S/c1-22(2,3)18(27-21(29)30)10-14-13-28(33(31,32)15-6-4-8-25-12-15)20(19(14)23)16-7-5-9-26-17(16)11-24/h4-9,12-13,18,27H,10H2,1-3H3,(H,29,30). The molecule has 0 aliphatic rings. The first kappa shape index (κ1) is 23.9. The van der Waals surface area contributed by atoms with Gasteiger partial charge in [0, 0.05) is 42.0 Å². The SMILES string of the molecule is CC(C)(C)C(Cc1cn(S(=O)(=O)c2cccnc2)c(-c2cccnc2C#N)c1F)NC(=O)O. The van der Waals surface area contributed by atoms with Gasteiger partial charge in [-0.1, -0.05) is 20.8 Å². The van der Waals surface area contributed by atoms with Gasteiger partial charge in [-0.05, 0) is 36.1 Å². The van der Waals surface area contributed by atoms with Crippen molar-refractivity contribution in [2.75, 3.05) is 0 Å². The van der Waals surface area contributed by atoms with Crippen LogP contribution in [0.15, 0.2) is 53.9 Å². The minimum absolute atomic E-state index is 0.00489. The molecule has 0 saturated carbocycles. The number of carbonyl (C=O) groups is 1. The first-order chi connectivity index (χ1) is 15.5. The number of nitrogens with one attached hydrogen (secondary N) is 1. The quantitative estimate of drug-likeness (QED) is 0.562.